The lowest BCUT2D eigenvalue weighted by Gasteiger charge is -2.37. The molecule has 9 heteroatoms. The maximum Gasteiger partial charge on any atom is 0.310 e. The van der Waals surface area contributed by atoms with Gasteiger partial charge >= 0.3 is 5.97 Å². The minimum absolute atomic E-state index is 0.0385. The van der Waals surface area contributed by atoms with Crippen LogP contribution in [0.5, 0.6) is 0 Å². The predicted molar refractivity (Wildman–Crippen MR) is 124 cm³/mol. The first-order valence-corrected chi connectivity index (χ1v) is 12.1. The number of likely N-dealkylation sites (tertiary alicyclic amines) is 1. The Morgan fingerprint density at radius 2 is 2.12 bits per heavy atom. The predicted octanol–water partition coefficient (Wildman–Crippen LogP) is 2.51. The van der Waals surface area contributed by atoms with Crippen molar-refractivity contribution >= 4 is 46.8 Å². The molecule has 5 atom stereocenters. The van der Waals surface area contributed by atoms with Crippen LogP contribution in [0.1, 0.15) is 19.8 Å². The highest BCUT2D eigenvalue weighted by Crippen LogP contribution is 2.66. The van der Waals surface area contributed by atoms with E-state index in [4.69, 9.17) is 16.3 Å². The SMILES string of the molecule is C=CCN(C(=O)C1N(CCO)C(=O)[C@@H]2[C@@H](C(=O)OCC)[C@H]3CCC12S3)c1ccc(Cl)cc1. The molecular weight excluding hydrogens is 452 g/mol. The second kappa shape index (κ2) is 9.08. The topological polar surface area (TPSA) is 87.2 Å². The number of aliphatic hydroxyl groups is 1. The van der Waals surface area contributed by atoms with E-state index in [0.717, 1.165) is 6.42 Å². The number of β-amino-alcohol motifs (C(OH)–C–C–N with tert-alkyl or cyclic N) is 1. The molecule has 3 aliphatic rings. The molecule has 7 nitrogen and oxygen atoms in total. The van der Waals surface area contributed by atoms with Crippen LogP contribution in [0.4, 0.5) is 5.69 Å². The zero-order valence-electron chi connectivity index (χ0n) is 17.9. The Hall–Kier alpha value is -2.03. The van der Waals surface area contributed by atoms with E-state index in [-0.39, 0.29) is 49.3 Å². The van der Waals surface area contributed by atoms with Gasteiger partial charge in [-0.3, -0.25) is 14.4 Å². The number of esters is 1. The number of hydrogen-bond acceptors (Lipinski definition) is 6. The quantitative estimate of drug-likeness (QED) is 0.456. The number of aliphatic hydroxyl groups excluding tert-OH is 1. The molecule has 0 aliphatic carbocycles. The van der Waals surface area contributed by atoms with E-state index < -0.39 is 22.6 Å². The molecule has 3 aliphatic heterocycles. The van der Waals surface area contributed by atoms with Gasteiger partial charge in [0, 0.05) is 29.0 Å². The molecule has 2 bridgehead atoms. The van der Waals surface area contributed by atoms with Crippen LogP contribution < -0.4 is 4.90 Å². The van der Waals surface area contributed by atoms with Gasteiger partial charge in [-0.1, -0.05) is 17.7 Å². The number of carbonyl (C=O) groups is 3. The summed E-state index contributed by atoms with van der Waals surface area (Å²) in [6.45, 7) is 5.80. The Morgan fingerprint density at radius 3 is 2.75 bits per heavy atom. The normalized spacial score (nSPS) is 30.3. The molecule has 32 heavy (non-hydrogen) atoms. The molecule has 1 N–H and O–H groups in total. The molecule has 0 radical (unpaired) electrons. The Balaban J connectivity index is 1.75. The molecule has 1 spiro atoms. The summed E-state index contributed by atoms with van der Waals surface area (Å²) in [5.74, 6) is -2.05. The molecule has 0 saturated carbocycles. The molecule has 2 unspecified atom stereocenters. The number of nitrogens with zero attached hydrogens (tertiary/aromatic N) is 2. The van der Waals surface area contributed by atoms with Crippen molar-refractivity contribution in [1.82, 2.24) is 4.90 Å². The fraction of sp³-hybridized carbons (Fsp3) is 0.522. The number of rotatable bonds is 8. The third kappa shape index (κ3) is 3.53. The van der Waals surface area contributed by atoms with Crippen molar-refractivity contribution < 1.29 is 24.2 Å². The molecular formula is C23H27ClN2O5S. The number of hydrogen-bond donors (Lipinski definition) is 1. The molecule has 4 rings (SSSR count). The molecule has 1 aromatic rings. The van der Waals surface area contributed by atoms with Crippen molar-refractivity contribution in [2.24, 2.45) is 11.8 Å². The van der Waals surface area contributed by atoms with E-state index in [1.165, 1.54) is 4.90 Å². The number of carbonyl (C=O) groups excluding carboxylic acids is 3. The summed E-state index contributed by atoms with van der Waals surface area (Å²) >= 11 is 7.60. The highest BCUT2D eigenvalue weighted by atomic mass is 35.5. The Kier molecular flexibility index (Phi) is 6.56. The molecule has 1 aromatic carbocycles. The average Bonchev–Trinajstić information content (AvgIpc) is 3.41. The zero-order chi connectivity index (χ0) is 23.0. The smallest absolute Gasteiger partial charge is 0.310 e. The molecule has 2 amide bonds. The molecule has 3 heterocycles. The van der Waals surface area contributed by atoms with Gasteiger partial charge in [0.2, 0.25) is 5.91 Å². The summed E-state index contributed by atoms with van der Waals surface area (Å²) < 4.78 is 4.58. The van der Waals surface area contributed by atoms with Crippen molar-refractivity contribution in [3.8, 4) is 0 Å². The van der Waals surface area contributed by atoms with Crippen LogP contribution in [0.15, 0.2) is 36.9 Å². The first-order valence-electron chi connectivity index (χ1n) is 10.8. The Labute approximate surface area is 196 Å². The van der Waals surface area contributed by atoms with Crippen LogP contribution in [0.3, 0.4) is 0 Å². The van der Waals surface area contributed by atoms with Crippen molar-refractivity contribution in [1.29, 1.82) is 0 Å². The van der Waals surface area contributed by atoms with E-state index in [0.29, 0.717) is 17.1 Å². The van der Waals surface area contributed by atoms with Crippen LogP contribution in [0.25, 0.3) is 0 Å². The van der Waals surface area contributed by atoms with Gasteiger partial charge in [0.25, 0.3) is 5.91 Å². The summed E-state index contributed by atoms with van der Waals surface area (Å²) in [6, 6.07) is 6.15. The van der Waals surface area contributed by atoms with Crippen LogP contribution >= 0.6 is 23.4 Å². The number of thioether (sulfide) groups is 1. The van der Waals surface area contributed by atoms with Crippen LogP contribution in [0.2, 0.25) is 5.02 Å². The largest absolute Gasteiger partial charge is 0.466 e. The van der Waals surface area contributed by atoms with E-state index in [2.05, 4.69) is 6.58 Å². The maximum atomic E-state index is 14.0. The van der Waals surface area contributed by atoms with E-state index in [1.807, 2.05) is 0 Å². The van der Waals surface area contributed by atoms with Crippen LogP contribution in [-0.4, -0.2) is 70.1 Å². The number of anilines is 1. The third-order valence-corrected chi connectivity index (χ3v) is 8.85. The maximum absolute atomic E-state index is 14.0. The first-order chi connectivity index (χ1) is 15.4. The summed E-state index contributed by atoms with van der Waals surface area (Å²) in [5, 5.41) is 10.2. The lowest BCUT2D eigenvalue weighted by molar-refractivity contribution is -0.153. The second-order valence-corrected chi connectivity index (χ2v) is 10.3. The monoisotopic (exact) mass is 478 g/mol. The molecule has 0 aromatic heterocycles. The Bertz CT molecular complexity index is 925. The minimum Gasteiger partial charge on any atom is -0.466 e. The third-order valence-electron chi connectivity index (χ3n) is 6.65. The zero-order valence-corrected chi connectivity index (χ0v) is 19.5. The van der Waals surface area contributed by atoms with Gasteiger partial charge in [0.1, 0.15) is 6.04 Å². The highest BCUT2D eigenvalue weighted by Gasteiger charge is 2.74. The molecule has 3 saturated heterocycles. The van der Waals surface area contributed by atoms with Gasteiger partial charge in [-0.05, 0) is 44.0 Å². The lowest BCUT2D eigenvalue weighted by atomic mass is 9.71. The number of benzene rings is 1. The van der Waals surface area contributed by atoms with Gasteiger partial charge in [0.05, 0.1) is 29.8 Å². The van der Waals surface area contributed by atoms with Crippen molar-refractivity contribution in [3.05, 3.63) is 41.9 Å². The number of ether oxygens (including phenoxy) is 1. The van der Waals surface area contributed by atoms with Gasteiger partial charge < -0.3 is 19.6 Å². The van der Waals surface area contributed by atoms with Gasteiger partial charge in [-0.15, -0.1) is 18.3 Å². The van der Waals surface area contributed by atoms with E-state index >= 15 is 0 Å². The summed E-state index contributed by atoms with van der Waals surface area (Å²) in [5.41, 5.74) is 0.648. The number of halogens is 1. The van der Waals surface area contributed by atoms with Gasteiger partial charge in [-0.25, -0.2) is 0 Å². The Morgan fingerprint density at radius 1 is 1.41 bits per heavy atom. The number of amides is 2. The van der Waals surface area contributed by atoms with Gasteiger partial charge in [-0.2, -0.15) is 0 Å². The van der Waals surface area contributed by atoms with Crippen molar-refractivity contribution in [3.63, 3.8) is 0 Å². The fourth-order valence-corrected chi connectivity index (χ4v) is 7.83. The summed E-state index contributed by atoms with van der Waals surface area (Å²) in [6.07, 6.45) is 3.04. The van der Waals surface area contributed by atoms with Crippen LogP contribution in [-0.2, 0) is 19.1 Å². The lowest BCUT2D eigenvalue weighted by Crippen LogP contribution is -2.55. The van der Waals surface area contributed by atoms with E-state index in [9.17, 15) is 19.5 Å². The number of fused-ring (bicyclic) bond motifs is 1. The summed E-state index contributed by atoms with van der Waals surface area (Å²) in [7, 11) is 0. The highest BCUT2D eigenvalue weighted by molar-refractivity contribution is 8.02. The fourth-order valence-electron chi connectivity index (χ4n) is 5.51. The van der Waals surface area contributed by atoms with Crippen molar-refractivity contribution in [2.45, 2.75) is 35.8 Å². The molecule has 172 valence electrons. The van der Waals surface area contributed by atoms with E-state index in [1.54, 1.807) is 53.9 Å². The van der Waals surface area contributed by atoms with Gasteiger partial charge in [0.15, 0.2) is 0 Å². The first kappa shape index (κ1) is 23.1. The second-order valence-electron chi connectivity index (χ2n) is 8.28. The average molecular weight is 479 g/mol. The molecule has 3 fully saturated rings. The van der Waals surface area contributed by atoms with Crippen LogP contribution in [0, 0.1) is 11.8 Å². The standard InChI is InChI=1S/C23H27ClN2O5S/c1-3-11-25(15-7-5-14(24)6-8-15)21(29)19-23-10-9-16(32-23)17(22(30)31-4-2)18(23)20(28)26(19)12-13-27/h3,5-8,16-19,27H,1,4,9-13H2,2H3/t16-,17+,18+,19?,23?/m1/s1. The minimum atomic E-state index is -0.780. The van der Waals surface area contributed by atoms with Crippen molar-refractivity contribution in [2.75, 3.05) is 31.2 Å². The summed E-state index contributed by atoms with van der Waals surface area (Å²) in [4.78, 5) is 43.4.